The first kappa shape index (κ1) is 16.5. The molecule has 2 aromatic carbocycles. The first-order valence-electron chi connectivity index (χ1n) is 7.83. The number of nitriles is 1. The molecule has 0 N–H and O–H groups in total. The first-order valence-corrected chi connectivity index (χ1v) is 7.83. The summed E-state index contributed by atoms with van der Waals surface area (Å²) in [7, 11) is 1.58. The van der Waals surface area contributed by atoms with Crippen LogP contribution >= 0.6 is 0 Å². The van der Waals surface area contributed by atoms with Crippen molar-refractivity contribution in [3.8, 4) is 6.07 Å². The van der Waals surface area contributed by atoms with E-state index in [1.54, 1.807) is 37.4 Å². The molecule has 5 nitrogen and oxygen atoms in total. The van der Waals surface area contributed by atoms with Crippen LogP contribution < -0.4 is 4.90 Å². The second kappa shape index (κ2) is 6.25. The molecular weight excluding hydrogens is 314 g/mol. The molecule has 5 heteroatoms. The zero-order valence-corrected chi connectivity index (χ0v) is 14.3. The highest BCUT2D eigenvalue weighted by Crippen LogP contribution is 2.29. The third-order valence-corrected chi connectivity index (χ3v) is 4.07. The number of amides is 3. The zero-order chi connectivity index (χ0) is 18.1. The Morgan fingerprint density at radius 2 is 1.60 bits per heavy atom. The molecule has 0 atom stereocenters. The number of carbonyl (C=O) groups is 2. The maximum atomic E-state index is 12.8. The van der Waals surface area contributed by atoms with Gasteiger partial charge in [-0.15, -0.1) is 0 Å². The third kappa shape index (κ3) is 3.02. The van der Waals surface area contributed by atoms with Crippen molar-refractivity contribution in [1.82, 2.24) is 4.90 Å². The van der Waals surface area contributed by atoms with Gasteiger partial charge in [-0.05, 0) is 60.9 Å². The Hall–Kier alpha value is -3.39. The van der Waals surface area contributed by atoms with E-state index < -0.39 is 0 Å². The minimum atomic E-state index is -0.380. The van der Waals surface area contributed by atoms with E-state index in [1.165, 1.54) is 9.80 Å². The number of nitrogens with zero attached hydrogens (tertiary/aromatic N) is 3. The SMILES string of the molecule is Cc1cc(C)cc(N2C(=O)/C(=C\c3ccc(C#N)cc3)N(C)C2=O)c1. The minimum Gasteiger partial charge on any atom is -0.292 e. The summed E-state index contributed by atoms with van der Waals surface area (Å²) >= 11 is 0. The largest absolute Gasteiger partial charge is 0.336 e. The standard InChI is InChI=1S/C20H17N3O2/c1-13-8-14(2)10-17(9-13)23-19(24)18(22(3)20(23)25)11-15-4-6-16(12-21)7-5-15/h4-11H,1-3H3/b18-11+. The lowest BCUT2D eigenvalue weighted by molar-refractivity contribution is -0.114. The molecule has 1 fully saturated rings. The first-order chi connectivity index (χ1) is 11.9. The lowest BCUT2D eigenvalue weighted by atomic mass is 10.1. The smallest absolute Gasteiger partial charge is 0.292 e. The van der Waals surface area contributed by atoms with Gasteiger partial charge in [-0.2, -0.15) is 5.26 Å². The molecule has 124 valence electrons. The van der Waals surface area contributed by atoms with Crippen molar-refractivity contribution in [2.75, 3.05) is 11.9 Å². The van der Waals surface area contributed by atoms with Crippen LogP contribution in [0.3, 0.4) is 0 Å². The fourth-order valence-electron chi connectivity index (χ4n) is 2.88. The predicted octanol–water partition coefficient (Wildman–Crippen LogP) is 3.61. The number of urea groups is 1. The van der Waals surface area contributed by atoms with E-state index in [0.29, 0.717) is 16.9 Å². The lowest BCUT2D eigenvalue weighted by Gasteiger charge is -2.14. The molecule has 0 aliphatic carbocycles. The lowest BCUT2D eigenvalue weighted by Crippen LogP contribution is -2.31. The molecule has 1 saturated heterocycles. The Bertz CT molecular complexity index is 916. The maximum Gasteiger partial charge on any atom is 0.336 e. The van der Waals surface area contributed by atoms with E-state index in [2.05, 4.69) is 6.07 Å². The monoisotopic (exact) mass is 331 g/mol. The number of likely N-dealkylation sites (N-methyl/N-ethyl adjacent to an activating group) is 1. The average molecular weight is 331 g/mol. The number of imide groups is 1. The van der Waals surface area contributed by atoms with Crippen molar-refractivity contribution in [2.45, 2.75) is 13.8 Å². The second-order valence-electron chi connectivity index (χ2n) is 6.09. The van der Waals surface area contributed by atoms with Crippen molar-refractivity contribution in [1.29, 1.82) is 5.26 Å². The normalized spacial score (nSPS) is 15.8. The molecule has 3 rings (SSSR count). The van der Waals surface area contributed by atoms with E-state index >= 15 is 0 Å². The van der Waals surface area contributed by atoms with Gasteiger partial charge < -0.3 is 0 Å². The third-order valence-electron chi connectivity index (χ3n) is 4.07. The van der Waals surface area contributed by atoms with Crippen LogP contribution in [0.25, 0.3) is 6.08 Å². The van der Waals surface area contributed by atoms with Gasteiger partial charge in [0.15, 0.2) is 0 Å². The van der Waals surface area contributed by atoms with Crippen LogP contribution in [-0.2, 0) is 4.79 Å². The number of benzene rings is 2. The van der Waals surface area contributed by atoms with Gasteiger partial charge in [0, 0.05) is 7.05 Å². The van der Waals surface area contributed by atoms with Gasteiger partial charge in [-0.3, -0.25) is 9.69 Å². The minimum absolute atomic E-state index is 0.300. The summed E-state index contributed by atoms with van der Waals surface area (Å²) in [6.07, 6.45) is 1.66. The van der Waals surface area contributed by atoms with Gasteiger partial charge in [0.1, 0.15) is 5.70 Å². The van der Waals surface area contributed by atoms with Crippen LogP contribution in [0.2, 0.25) is 0 Å². The Morgan fingerprint density at radius 3 is 2.16 bits per heavy atom. The maximum absolute atomic E-state index is 12.8. The number of carbonyl (C=O) groups excluding carboxylic acids is 2. The van der Waals surface area contributed by atoms with Crippen molar-refractivity contribution >= 4 is 23.7 Å². The molecule has 1 heterocycles. The molecule has 0 bridgehead atoms. The number of hydrogen-bond donors (Lipinski definition) is 0. The van der Waals surface area contributed by atoms with E-state index in [4.69, 9.17) is 5.26 Å². The summed E-state index contributed by atoms with van der Waals surface area (Å²) in [6, 6.07) is 14.1. The highest BCUT2D eigenvalue weighted by atomic mass is 16.2. The molecule has 1 aliphatic rings. The quantitative estimate of drug-likeness (QED) is 0.624. The number of rotatable bonds is 2. The summed E-state index contributed by atoms with van der Waals surface area (Å²) in [5.74, 6) is -0.359. The van der Waals surface area contributed by atoms with Gasteiger partial charge in [-0.25, -0.2) is 9.69 Å². The molecule has 25 heavy (non-hydrogen) atoms. The van der Waals surface area contributed by atoms with Crippen molar-refractivity contribution in [2.24, 2.45) is 0 Å². The second-order valence-corrected chi connectivity index (χ2v) is 6.09. The Morgan fingerprint density at radius 1 is 1.00 bits per heavy atom. The Kier molecular flexibility index (Phi) is 4.12. The van der Waals surface area contributed by atoms with Gasteiger partial charge in [0.25, 0.3) is 5.91 Å². The average Bonchev–Trinajstić information content (AvgIpc) is 2.78. The van der Waals surface area contributed by atoms with Crippen molar-refractivity contribution in [3.63, 3.8) is 0 Å². The molecular formula is C20H17N3O2. The van der Waals surface area contributed by atoms with Crippen LogP contribution in [0.1, 0.15) is 22.3 Å². The van der Waals surface area contributed by atoms with E-state index in [-0.39, 0.29) is 11.9 Å². The Labute approximate surface area is 146 Å². The number of hydrogen-bond acceptors (Lipinski definition) is 3. The molecule has 0 saturated carbocycles. The zero-order valence-electron chi connectivity index (χ0n) is 14.3. The molecule has 0 spiro atoms. The Balaban J connectivity index is 2.00. The van der Waals surface area contributed by atoms with E-state index in [1.807, 2.05) is 32.0 Å². The fourth-order valence-corrected chi connectivity index (χ4v) is 2.88. The van der Waals surface area contributed by atoms with Gasteiger partial charge in [0.05, 0.1) is 17.3 Å². The summed E-state index contributed by atoms with van der Waals surface area (Å²) in [5, 5.41) is 8.86. The molecule has 3 amide bonds. The van der Waals surface area contributed by atoms with E-state index in [0.717, 1.165) is 16.7 Å². The van der Waals surface area contributed by atoms with Crippen LogP contribution in [0, 0.1) is 25.2 Å². The van der Waals surface area contributed by atoms with Gasteiger partial charge in [-0.1, -0.05) is 18.2 Å². The highest BCUT2D eigenvalue weighted by Gasteiger charge is 2.39. The van der Waals surface area contributed by atoms with Crippen LogP contribution in [0.5, 0.6) is 0 Å². The summed E-state index contributed by atoms with van der Waals surface area (Å²) in [4.78, 5) is 27.9. The molecule has 1 aliphatic heterocycles. The van der Waals surface area contributed by atoms with E-state index in [9.17, 15) is 9.59 Å². The fraction of sp³-hybridized carbons (Fsp3) is 0.150. The van der Waals surface area contributed by atoms with Crippen LogP contribution in [0.4, 0.5) is 10.5 Å². The molecule has 0 radical (unpaired) electrons. The van der Waals surface area contributed by atoms with Crippen LogP contribution in [-0.4, -0.2) is 23.9 Å². The molecule has 2 aromatic rings. The summed E-state index contributed by atoms with van der Waals surface area (Å²) in [6.45, 7) is 3.86. The van der Waals surface area contributed by atoms with Gasteiger partial charge >= 0.3 is 6.03 Å². The van der Waals surface area contributed by atoms with Crippen LogP contribution in [0.15, 0.2) is 48.2 Å². The summed E-state index contributed by atoms with van der Waals surface area (Å²) in [5.41, 5.74) is 4.15. The van der Waals surface area contributed by atoms with Crippen molar-refractivity contribution in [3.05, 3.63) is 70.4 Å². The highest BCUT2D eigenvalue weighted by molar-refractivity contribution is 6.28. The van der Waals surface area contributed by atoms with Gasteiger partial charge in [0.2, 0.25) is 0 Å². The predicted molar refractivity (Wildman–Crippen MR) is 95.7 cm³/mol. The molecule has 0 unspecified atom stereocenters. The number of anilines is 1. The van der Waals surface area contributed by atoms with Crippen molar-refractivity contribution < 1.29 is 9.59 Å². The number of aryl methyl sites for hydroxylation is 2. The summed E-state index contributed by atoms with van der Waals surface area (Å²) < 4.78 is 0. The molecule has 0 aromatic heterocycles. The topological polar surface area (TPSA) is 64.4 Å².